The van der Waals surface area contributed by atoms with Crippen LogP contribution < -0.4 is 16.8 Å². The summed E-state index contributed by atoms with van der Waals surface area (Å²) in [4.78, 5) is 12.2. The molecule has 1 aliphatic carbocycles. The van der Waals surface area contributed by atoms with Crippen LogP contribution in [0.3, 0.4) is 0 Å². The van der Waals surface area contributed by atoms with Crippen molar-refractivity contribution in [1.82, 2.24) is 15.0 Å². The molecule has 0 amide bonds. The second-order valence-corrected chi connectivity index (χ2v) is 7.68. The first-order valence-electron chi connectivity index (χ1n) is 9.72. The third kappa shape index (κ3) is 4.69. The average Bonchev–Trinajstić information content (AvgIpc) is 2.62. The number of rotatable bonds is 6. The summed E-state index contributed by atoms with van der Waals surface area (Å²) in [6.45, 7) is 5.11. The minimum atomic E-state index is 0.179. The Morgan fingerprint density at radius 3 is 2.15 bits per heavy atom. The maximum absolute atomic E-state index is 5.67. The number of hydrogen-bond donors (Lipinski definition) is 3. The van der Waals surface area contributed by atoms with Crippen LogP contribution in [-0.2, 0) is 6.54 Å². The van der Waals surface area contributed by atoms with Crippen LogP contribution in [0.25, 0.3) is 0 Å². The number of aromatic nitrogens is 3. The molecule has 1 saturated carbocycles. The van der Waals surface area contributed by atoms with Gasteiger partial charge in [0, 0.05) is 11.5 Å². The second kappa shape index (κ2) is 8.45. The number of nitrogens with two attached hydrogens (primary N) is 3. The number of benzene rings is 1. The fourth-order valence-corrected chi connectivity index (χ4v) is 4.00. The highest BCUT2D eigenvalue weighted by Crippen LogP contribution is 2.33. The predicted molar refractivity (Wildman–Crippen MR) is 104 cm³/mol. The van der Waals surface area contributed by atoms with E-state index >= 15 is 0 Å². The van der Waals surface area contributed by atoms with Gasteiger partial charge in [-0.1, -0.05) is 57.4 Å². The van der Waals surface area contributed by atoms with Crippen LogP contribution in [-0.4, -0.2) is 15.0 Å². The number of hydrogen-bond acceptors (Lipinski definition) is 5. The Morgan fingerprint density at radius 2 is 1.58 bits per heavy atom. The maximum atomic E-state index is 5.67. The zero-order chi connectivity index (χ0) is 18.5. The normalized spacial score (nSPS) is 16.7. The lowest BCUT2D eigenvalue weighted by molar-refractivity contribution is -0.718. The van der Waals surface area contributed by atoms with Crippen molar-refractivity contribution in [2.45, 2.75) is 64.5 Å². The third-order valence-electron chi connectivity index (χ3n) is 5.39. The summed E-state index contributed by atoms with van der Waals surface area (Å²) in [6.07, 6.45) is 6.80. The molecule has 140 valence electrons. The summed E-state index contributed by atoms with van der Waals surface area (Å²) >= 11 is 0. The van der Waals surface area contributed by atoms with E-state index in [2.05, 4.69) is 58.4 Å². The lowest BCUT2D eigenvalue weighted by Gasteiger charge is -2.23. The quantitative estimate of drug-likeness (QED) is 0.738. The first kappa shape index (κ1) is 18.6. The van der Waals surface area contributed by atoms with Crippen LogP contribution >= 0.6 is 0 Å². The molecule has 0 bridgehead atoms. The first-order valence-corrected chi connectivity index (χ1v) is 9.72. The van der Waals surface area contributed by atoms with Crippen molar-refractivity contribution in [3.8, 4) is 0 Å². The van der Waals surface area contributed by atoms with Gasteiger partial charge >= 0.3 is 0 Å². The van der Waals surface area contributed by atoms with Crippen molar-refractivity contribution >= 4 is 11.9 Å². The van der Waals surface area contributed by atoms with Crippen molar-refractivity contribution < 1.29 is 5.32 Å². The molecular formula is C20H31N6+. The van der Waals surface area contributed by atoms with Gasteiger partial charge in [-0.15, -0.1) is 0 Å². The molecule has 26 heavy (non-hydrogen) atoms. The van der Waals surface area contributed by atoms with E-state index in [1.807, 2.05) is 0 Å². The van der Waals surface area contributed by atoms with Gasteiger partial charge in [0.25, 0.3) is 0 Å². The summed E-state index contributed by atoms with van der Waals surface area (Å²) in [5.74, 6) is 2.22. The molecule has 1 fully saturated rings. The van der Waals surface area contributed by atoms with Gasteiger partial charge in [-0.3, -0.25) is 0 Å². The Hall–Kier alpha value is -2.21. The van der Waals surface area contributed by atoms with E-state index in [-0.39, 0.29) is 11.9 Å². The molecule has 0 unspecified atom stereocenters. The van der Waals surface area contributed by atoms with E-state index in [0.717, 1.165) is 5.92 Å². The molecular weight excluding hydrogens is 324 g/mol. The van der Waals surface area contributed by atoms with Crippen molar-refractivity contribution in [3.63, 3.8) is 0 Å². The fraction of sp³-hybridized carbons (Fsp3) is 0.550. The minimum Gasteiger partial charge on any atom is -0.368 e. The molecule has 1 atom stereocenters. The molecule has 2 aromatic rings. The Balaban J connectivity index is 1.68. The monoisotopic (exact) mass is 355 g/mol. The van der Waals surface area contributed by atoms with Gasteiger partial charge in [-0.25, -0.2) is 0 Å². The minimum absolute atomic E-state index is 0.179. The molecule has 6 heteroatoms. The second-order valence-electron chi connectivity index (χ2n) is 7.68. The van der Waals surface area contributed by atoms with Crippen LogP contribution in [0.4, 0.5) is 11.9 Å². The van der Waals surface area contributed by atoms with Gasteiger partial charge in [0.1, 0.15) is 12.6 Å². The van der Waals surface area contributed by atoms with E-state index in [1.54, 1.807) is 0 Å². The Labute approximate surface area is 155 Å². The largest absolute Gasteiger partial charge is 0.368 e. The van der Waals surface area contributed by atoms with Crippen molar-refractivity contribution in [2.75, 3.05) is 11.5 Å². The van der Waals surface area contributed by atoms with Crippen LogP contribution in [0.5, 0.6) is 0 Å². The summed E-state index contributed by atoms with van der Waals surface area (Å²) in [7, 11) is 0. The van der Waals surface area contributed by atoms with Crippen molar-refractivity contribution in [3.05, 3.63) is 41.2 Å². The van der Waals surface area contributed by atoms with Gasteiger partial charge in [0.05, 0.1) is 0 Å². The zero-order valence-electron chi connectivity index (χ0n) is 15.9. The van der Waals surface area contributed by atoms with E-state index < -0.39 is 0 Å². The van der Waals surface area contributed by atoms with Gasteiger partial charge in [0.2, 0.25) is 11.9 Å². The molecule has 0 aliphatic heterocycles. The Bertz CT molecular complexity index is 686. The maximum Gasteiger partial charge on any atom is 0.225 e. The molecule has 0 radical (unpaired) electrons. The fourth-order valence-electron chi connectivity index (χ4n) is 4.00. The highest BCUT2D eigenvalue weighted by atomic mass is 15.2. The zero-order valence-corrected chi connectivity index (χ0v) is 15.9. The third-order valence-corrected chi connectivity index (χ3v) is 5.39. The van der Waals surface area contributed by atoms with Crippen molar-refractivity contribution in [1.29, 1.82) is 0 Å². The molecule has 1 aromatic heterocycles. The molecule has 0 spiro atoms. The summed E-state index contributed by atoms with van der Waals surface area (Å²) in [5.41, 5.74) is 14.2. The standard InChI is InChI=1S/C20H30N6/c1-13(2)18(23-12-17-24-19(21)26-20(22)25-17)16-10-8-15(9-11-16)14-6-4-3-5-7-14/h8-11,13-14,18,23H,3-7,12H2,1-2H3,(H4,21,22,24,25,26)/p+1/t18-/m0/s1. The van der Waals surface area contributed by atoms with Crippen LogP contribution in [0.15, 0.2) is 24.3 Å². The number of anilines is 2. The molecule has 6 N–H and O–H groups in total. The lowest BCUT2D eigenvalue weighted by atomic mass is 9.83. The summed E-state index contributed by atoms with van der Waals surface area (Å²) in [6, 6.07) is 9.58. The number of quaternary nitrogens is 1. The molecule has 3 rings (SSSR count). The molecule has 1 aliphatic rings. The Morgan fingerprint density at radius 1 is 0.962 bits per heavy atom. The summed E-state index contributed by atoms with van der Waals surface area (Å²) < 4.78 is 0. The van der Waals surface area contributed by atoms with E-state index in [4.69, 9.17) is 11.5 Å². The van der Waals surface area contributed by atoms with Crippen molar-refractivity contribution in [2.24, 2.45) is 5.92 Å². The van der Waals surface area contributed by atoms with Gasteiger partial charge in [-0.2, -0.15) is 15.0 Å². The predicted octanol–water partition coefficient (Wildman–Crippen LogP) is 2.54. The molecule has 1 heterocycles. The number of nitrogen functional groups attached to an aromatic ring is 2. The van der Waals surface area contributed by atoms with Gasteiger partial charge in [-0.05, 0) is 24.3 Å². The topological polar surface area (TPSA) is 107 Å². The van der Waals surface area contributed by atoms with Crippen LogP contribution in [0.1, 0.15) is 74.9 Å². The molecule has 0 saturated heterocycles. The van der Waals surface area contributed by atoms with Gasteiger partial charge in [0.15, 0.2) is 5.82 Å². The highest BCUT2D eigenvalue weighted by molar-refractivity contribution is 5.27. The van der Waals surface area contributed by atoms with E-state index in [0.29, 0.717) is 24.3 Å². The number of nitrogens with zero attached hydrogens (tertiary/aromatic N) is 3. The van der Waals surface area contributed by atoms with E-state index in [9.17, 15) is 0 Å². The smallest absolute Gasteiger partial charge is 0.225 e. The highest BCUT2D eigenvalue weighted by Gasteiger charge is 2.21. The lowest BCUT2D eigenvalue weighted by Crippen LogP contribution is -2.85. The Kier molecular flexibility index (Phi) is 6.04. The van der Waals surface area contributed by atoms with E-state index in [1.165, 1.54) is 43.2 Å². The van der Waals surface area contributed by atoms with Crippen LogP contribution in [0.2, 0.25) is 0 Å². The van der Waals surface area contributed by atoms with Gasteiger partial charge < -0.3 is 16.8 Å². The molecule has 6 nitrogen and oxygen atoms in total. The molecule has 1 aromatic carbocycles. The first-order chi connectivity index (χ1) is 12.5. The summed E-state index contributed by atoms with van der Waals surface area (Å²) in [5, 5.41) is 2.26. The van der Waals surface area contributed by atoms with Crippen LogP contribution in [0, 0.1) is 5.92 Å². The average molecular weight is 356 g/mol. The SMILES string of the molecule is CC(C)[C@H]([NH2+]Cc1nc(N)nc(N)n1)c1ccc(C2CCCCC2)cc1.